The summed E-state index contributed by atoms with van der Waals surface area (Å²) in [6.45, 7) is 0. The second kappa shape index (κ2) is 2.82. The predicted molar refractivity (Wildman–Crippen MR) is 49.4 cm³/mol. The quantitative estimate of drug-likeness (QED) is 0.567. The highest BCUT2D eigenvalue weighted by Gasteiger charge is 2.12. The van der Waals surface area contributed by atoms with Crippen LogP contribution in [0.3, 0.4) is 0 Å². The largest absolute Gasteiger partial charge is 0.478 e. The van der Waals surface area contributed by atoms with Crippen LogP contribution in [0.5, 0.6) is 0 Å². The van der Waals surface area contributed by atoms with Crippen LogP contribution >= 0.6 is 0 Å². The van der Waals surface area contributed by atoms with Crippen LogP contribution in [0.25, 0.3) is 0 Å². The molecule has 1 aliphatic heterocycles. The number of rotatable bonds is 1. The first-order chi connectivity index (χ1) is 6.25. The van der Waals surface area contributed by atoms with Gasteiger partial charge in [0.15, 0.2) is 0 Å². The van der Waals surface area contributed by atoms with E-state index in [4.69, 9.17) is 5.11 Å². The summed E-state index contributed by atoms with van der Waals surface area (Å²) < 4.78 is 0. The molecule has 0 saturated carbocycles. The molecule has 3 N–H and O–H groups in total. The van der Waals surface area contributed by atoms with E-state index >= 15 is 0 Å². The standard InChI is InChI=1S/C9H8N2O2/c12-9(13)5-8-10-6-3-1-2-4-7(6)11-8/h1-5,10-11H,(H,12,13). The van der Waals surface area contributed by atoms with Crippen LogP contribution in [0.1, 0.15) is 0 Å². The molecule has 4 heteroatoms. The van der Waals surface area contributed by atoms with Crippen LogP contribution < -0.4 is 10.6 Å². The number of nitrogens with one attached hydrogen (secondary N) is 2. The molecule has 0 saturated heterocycles. The Morgan fingerprint density at radius 3 is 2.23 bits per heavy atom. The van der Waals surface area contributed by atoms with Crippen LogP contribution in [0.2, 0.25) is 0 Å². The Kier molecular flexibility index (Phi) is 1.66. The summed E-state index contributed by atoms with van der Waals surface area (Å²) in [4.78, 5) is 10.3. The summed E-state index contributed by atoms with van der Waals surface area (Å²) in [5.74, 6) is -0.475. The van der Waals surface area contributed by atoms with Gasteiger partial charge in [0.2, 0.25) is 0 Å². The molecule has 13 heavy (non-hydrogen) atoms. The Morgan fingerprint density at radius 2 is 1.77 bits per heavy atom. The number of hydrogen-bond donors (Lipinski definition) is 3. The summed E-state index contributed by atoms with van der Waals surface area (Å²) in [5.41, 5.74) is 1.80. The van der Waals surface area contributed by atoms with E-state index in [-0.39, 0.29) is 0 Å². The Bertz CT molecular complexity index is 358. The molecule has 4 nitrogen and oxygen atoms in total. The number of hydrogen-bond acceptors (Lipinski definition) is 3. The zero-order valence-electron chi connectivity index (χ0n) is 6.74. The van der Waals surface area contributed by atoms with E-state index in [0.29, 0.717) is 5.82 Å². The molecule has 1 aromatic carbocycles. The van der Waals surface area contributed by atoms with Crippen molar-refractivity contribution in [2.45, 2.75) is 0 Å². The summed E-state index contributed by atoms with van der Waals surface area (Å²) in [6.07, 6.45) is 1.10. The topological polar surface area (TPSA) is 61.4 Å². The fourth-order valence-corrected chi connectivity index (χ4v) is 1.22. The van der Waals surface area contributed by atoms with E-state index in [1.54, 1.807) is 0 Å². The van der Waals surface area contributed by atoms with Crippen LogP contribution in [-0.2, 0) is 4.79 Å². The zero-order valence-corrected chi connectivity index (χ0v) is 6.74. The van der Waals surface area contributed by atoms with E-state index in [0.717, 1.165) is 17.5 Å². The van der Waals surface area contributed by atoms with E-state index < -0.39 is 5.97 Å². The summed E-state index contributed by atoms with van der Waals surface area (Å²) in [5, 5.41) is 14.4. The monoisotopic (exact) mass is 176 g/mol. The third-order valence-corrected chi connectivity index (χ3v) is 1.73. The predicted octanol–water partition coefficient (Wildman–Crippen LogP) is 1.45. The van der Waals surface area contributed by atoms with Gasteiger partial charge in [-0.3, -0.25) is 0 Å². The Hall–Kier alpha value is -1.97. The average Bonchev–Trinajstić information content (AvgIpc) is 2.44. The lowest BCUT2D eigenvalue weighted by atomic mass is 10.3. The molecule has 66 valence electrons. The smallest absolute Gasteiger partial charge is 0.331 e. The number of carboxylic acids is 1. The molecule has 0 amide bonds. The van der Waals surface area contributed by atoms with Crippen LogP contribution in [0.15, 0.2) is 36.2 Å². The second-order valence-corrected chi connectivity index (χ2v) is 2.69. The lowest BCUT2D eigenvalue weighted by Gasteiger charge is -1.95. The third-order valence-electron chi connectivity index (χ3n) is 1.73. The van der Waals surface area contributed by atoms with Crippen LogP contribution in [0, 0.1) is 0 Å². The first-order valence-electron chi connectivity index (χ1n) is 3.83. The van der Waals surface area contributed by atoms with Gasteiger partial charge in [-0.2, -0.15) is 0 Å². The van der Waals surface area contributed by atoms with Crippen molar-refractivity contribution in [3.05, 3.63) is 36.2 Å². The Labute approximate surface area is 74.9 Å². The highest BCUT2D eigenvalue weighted by Crippen LogP contribution is 2.29. The van der Waals surface area contributed by atoms with Gasteiger partial charge in [0, 0.05) is 0 Å². The molecule has 0 radical (unpaired) electrons. The highest BCUT2D eigenvalue weighted by molar-refractivity contribution is 5.86. The van der Waals surface area contributed by atoms with Gasteiger partial charge in [0.05, 0.1) is 17.5 Å². The third kappa shape index (κ3) is 1.46. The van der Waals surface area contributed by atoms with Gasteiger partial charge in [-0.05, 0) is 12.1 Å². The molecule has 0 aromatic heterocycles. The van der Waals surface area contributed by atoms with Gasteiger partial charge in [0.25, 0.3) is 0 Å². The van der Waals surface area contributed by atoms with Gasteiger partial charge in [0.1, 0.15) is 5.82 Å². The van der Waals surface area contributed by atoms with E-state index in [1.807, 2.05) is 24.3 Å². The maximum atomic E-state index is 10.3. The van der Waals surface area contributed by atoms with E-state index in [2.05, 4.69) is 10.6 Å². The molecule has 0 unspecified atom stereocenters. The molecule has 0 aliphatic carbocycles. The van der Waals surface area contributed by atoms with E-state index in [9.17, 15) is 4.79 Å². The molecule has 1 heterocycles. The zero-order chi connectivity index (χ0) is 9.26. The van der Waals surface area contributed by atoms with Gasteiger partial charge in [-0.1, -0.05) is 12.1 Å². The molecule has 0 fully saturated rings. The Morgan fingerprint density at radius 1 is 1.23 bits per heavy atom. The van der Waals surface area contributed by atoms with Gasteiger partial charge < -0.3 is 15.7 Å². The van der Waals surface area contributed by atoms with Gasteiger partial charge in [-0.25, -0.2) is 4.79 Å². The van der Waals surface area contributed by atoms with Crippen molar-refractivity contribution < 1.29 is 9.90 Å². The van der Waals surface area contributed by atoms with E-state index in [1.165, 1.54) is 0 Å². The summed E-state index contributed by atoms with van der Waals surface area (Å²) in [6, 6.07) is 7.53. The van der Waals surface area contributed by atoms with Gasteiger partial charge >= 0.3 is 5.97 Å². The molecule has 1 aromatic rings. The maximum absolute atomic E-state index is 10.3. The average molecular weight is 176 g/mol. The fourth-order valence-electron chi connectivity index (χ4n) is 1.22. The van der Waals surface area contributed by atoms with Crippen molar-refractivity contribution in [2.24, 2.45) is 0 Å². The normalized spacial score (nSPS) is 12.8. The van der Waals surface area contributed by atoms with Crippen LogP contribution in [-0.4, -0.2) is 11.1 Å². The minimum Gasteiger partial charge on any atom is -0.478 e. The Balaban J connectivity index is 2.28. The molecule has 0 bridgehead atoms. The minimum atomic E-state index is -0.970. The number of fused-ring (bicyclic) bond motifs is 1. The van der Waals surface area contributed by atoms with Crippen molar-refractivity contribution in [1.82, 2.24) is 0 Å². The lowest BCUT2D eigenvalue weighted by Crippen LogP contribution is -2.02. The first-order valence-corrected chi connectivity index (χ1v) is 3.83. The molecule has 0 atom stereocenters. The number of aliphatic carboxylic acids is 1. The molecule has 1 aliphatic rings. The van der Waals surface area contributed by atoms with Crippen molar-refractivity contribution >= 4 is 17.3 Å². The van der Waals surface area contributed by atoms with Crippen molar-refractivity contribution in [2.75, 3.05) is 10.6 Å². The maximum Gasteiger partial charge on any atom is 0.331 e. The molecular weight excluding hydrogens is 168 g/mol. The van der Waals surface area contributed by atoms with Crippen molar-refractivity contribution in [3.63, 3.8) is 0 Å². The SMILES string of the molecule is O=C(O)C=C1Nc2ccccc2N1. The van der Waals surface area contributed by atoms with Crippen molar-refractivity contribution in [1.29, 1.82) is 0 Å². The second-order valence-electron chi connectivity index (χ2n) is 2.69. The van der Waals surface area contributed by atoms with Gasteiger partial charge in [-0.15, -0.1) is 0 Å². The number of para-hydroxylation sites is 2. The van der Waals surface area contributed by atoms with Crippen LogP contribution in [0.4, 0.5) is 11.4 Å². The number of carbonyl (C=O) groups is 1. The fraction of sp³-hybridized carbons (Fsp3) is 0. The first kappa shape index (κ1) is 7.67. The lowest BCUT2D eigenvalue weighted by molar-refractivity contribution is -0.131. The summed E-state index contributed by atoms with van der Waals surface area (Å²) >= 11 is 0. The molecular formula is C9H8N2O2. The minimum absolute atomic E-state index is 0.494. The van der Waals surface area contributed by atoms with Crippen molar-refractivity contribution in [3.8, 4) is 0 Å². The molecule has 2 rings (SSSR count). The number of carboxylic acid groups (broad SMARTS) is 1. The highest BCUT2D eigenvalue weighted by atomic mass is 16.4. The number of anilines is 2. The molecule has 0 spiro atoms. The summed E-state index contributed by atoms with van der Waals surface area (Å²) in [7, 11) is 0. The number of benzene rings is 1.